The second kappa shape index (κ2) is 5.64. The highest BCUT2D eigenvalue weighted by Gasteiger charge is 2.42. The summed E-state index contributed by atoms with van der Waals surface area (Å²) >= 11 is 6.08. The van der Waals surface area contributed by atoms with E-state index >= 15 is 0 Å². The van der Waals surface area contributed by atoms with Gasteiger partial charge in [0.1, 0.15) is 5.15 Å². The SMILES string of the molecule is CC(C)c1ccc(N2C[C@H](S(C)(=O)=O)[C@H]2C)c2cnc(Cl)cc12. The van der Waals surface area contributed by atoms with Crippen molar-refractivity contribution in [1.82, 2.24) is 4.98 Å². The Morgan fingerprint density at radius 2 is 2.00 bits per heavy atom. The summed E-state index contributed by atoms with van der Waals surface area (Å²) in [6, 6.07) is 6.05. The Bertz CT molecular complexity index is 864. The van der Waals surface area contributed by atoms with Crippen molar-refractivity contribution in [2.24, 2.45) is 0 Å². The number of sulfone groups is 1. The third-order valence-corrected chi connectivity index (χ3v) is 6.62. The predicted octanol–water partition coefficient (Wildman–Crippen LogP) is 3.63. The number of pyridine rings is 1. The van der Waals surface area contributed by atoms with Crippen molar-refractivity contribution in [3.8, 4) is 0 Å². The average Bonchev–Trinajstić information content (AvgIpc) is 2.43. The Morgan fingerprint density at radius 1 is 1.30 bits per heavy atom. The van der Waals surface area contributed by atoms with Gasteiger partial charge in [-0.05, 0) is 35.9 Å². The minimum Gasteiger partial charge on any atom is -0.366 e. The summed E-state index contributed by atoms with van der Waals surface area (Å²) in [7, 11) is -3.02. The van der Waals surface area contributed by atoms with Crippen LogP contribution in [0.1, 0.15) is 32.3 Å². The molecular weight excluding hydrogens is 332 g/mol. The number of aromatic nitrogens is 1. The largest absolute Gasteiger partial charge is 0.366 e. The Hall–Kier alpha value is -1.33. The van der Waals surface area contributed by atoms with Crippen molar-refractivity contribution in [2.45, 2.75) is 38.0 Å². The van der Waals surface area contributed by atoms with E-state index in [4.69, 9.17) is 11.6 Å². The van der Waals surface area contributed by atoms with Crippen molar-refractivity contribution in [3.05, 3.63) is 35.1 Å². The van der Waals surface area contributed by atoms with E-state index in [0.29, 0.717) is 17.6 Å². The average molecular weight is 353 g/mol. The van der Waals surface area contributed by atoms with Gasteiger partial charge in [-0.25, -0.2) is 13.4 Å². The van der Waals surface area contributed by atoms with Crippen LogP contribution in [-0.4, -0.2) is 37.5 Å². The molecule has 1 fully saturated rings. The van der Waals surface area contributed by atoms with Gasteiger partial charge < -0.3 is 4.90 Å². The van der Waals surface area contributed by atoms with Crippen LogP contribution in [0.15, 0.2) is 24.4 Å². The Labute approximate surface area is 142 Å². The van der Waals surface area contributed by atoms with Crippen LogP contribution in [0.25, 0.3) is 10.8 Å². The van der Waals surface area contributed by atoms with E-state index in [-0.39, 0.29) is 11.3 Å². The minimum absolute atomic E-state index is 0.0335. The smallest absolute Gasteiger partial charge is 0.154 e. The van der Waals surface area contributed by atoms with Gasteiger partial charge in [0.2, 0.25) is 0 Å². The Morgan fingerprint density at radius 3 is 2.57 bits per heavy atom. The van der Waals surface area contributed by atoms with Crippen LogP contribution in [0.5, 0.6) is 0 Å². The van der Waals surface area contributed by atoms with E-state index in [1.165, 1.54) is 11.8 Å². The van der Waals surface area contributed by atoms with Gasteiger partial charge in [-0.3, -0.25) is 0 Å². The third kappa shape index (κ3) is 2.81. The maximum absolute atomic E-state index is 11.8. The van der Waals surface area contributed by atoms with Crippen LogP contribution < -0.4 is 4.90 Å². The molecule has 124 valence electrons. The Kier molecular flexibility index (Phi) is 4.05. The van der Waals surface area contributed by atoms with E-state index in [9.17, 15) is 8.42 Å². The molecule has 0 radical (unpaired) electrons. The number of benzene rings is 1. The van der Waals surface area contributed by atoms with Gasteiger partial charge in [0.05, 0.1) is 5.25 Å². The topological polar surface area (TPSA) is 50.3 Å². The molecule has 1 aromatic heterocycles. The lowest BCUT2D eigenvalue weighted by molar-refractivity contribution is 0.465. The molecule has 0 aliphatic carbocycles. The molecule has 0 unspecified atom stereocenters. The quantitative estimate of drug-likeness (QED) is 0.791. The van der Waals surface area contributed by atoms with E-state index in [2.05, 4.69) is 35.9 Å². The molecule has 6 heteroatoms. The molecule has 1 aromatic carbocycles. The number of hydrogen-bond donors (Lipinski definition) is 0. The van der Waals surface area contributed by atoms with Gasteiger partial charge in [-0.1, -0.05) is 31.5 Å². The molecule has 2 atom stereocenters. The Balaban J connectivity index is 2.09. The zero-order valence-corrected chi connectivity index (χ0v) is 15.3. The van der Waals surface area contributed by atoms with Crippen molar-refractivity contribution < 1.29 is 8.42 Å². The fourth-order valence-electron chi connectivity index (χ4n) is 3.36. The van der Waals surface area contributed by atoms with Crippen LogP contribution in [0, 0.1) is 0 Å². The van der Waals surface area contributed by atoms with E-state index in [1.807, 2.05) is 13.0 Å². The van der Waals surface area contributed by atoms with Crippen molar-refractivity contribution in [2.75, 3.05) is 17.7 Å². The van der Waals surface area contributed by atoms with Crippen LogP contribution in [0.2, 0.25) is 5.15 Å². The second-order valence-corrected chi connectivity index (χ2v) is 9.29. The highest BCUT2D eigenvalue weighted by atomic mass is 35.5. The third-order valence-electron chi connectivity index (χ3n) is 4.77. The van der Waals surface area contributed by atoms with Gasteiger partial charge in [0, 0.05) is 36.1 Å². The lowest BCUT2D eigenvalue weighted by Gasteiger charge is -2.47. The zero-order valence-electron chi connectivity index (χ0n) is 13.7. The van der Waals surface area contributed by atoms with E-state index in [0.717, 1.165) is 16.5 Å². The number of nitrogens with zero attached hydrogens (tertiary/aromatic N) is 2. The summed E-state index contributed by atoms with van der Waals surface area (Å²) in [6.07, 6.45) is 3.10. The maximum Gasteiger partial charge on any atom is 0.154 e. The molecule has 1 saturated heterocycles. The number of halogens is 1. The van der Waals surface area contributed by atoms with Crippen molar-refractivity contribution in [1.29, 1.82) is 0 Å². The number of hydrogen-bond acceptors (Lipinski definition) is 4. The normalized spacial score (nSPS) is 21.7. The number of fused-ring (bicyclic) bond motifs is 1. The summed E-state index contributed by atoms with van der Waals surface area (Å²) in [6.45, 7) is 6.78. The molecule has 0 spiro atoms. The molecular formula is C17H21ClN2O2S. The summed E-state index contributed by atoms with van der Waals surface area (Å²) in [5.41, 5.74) is 2.25. The lowest BCUT2D eigenvalue weighted by Crippen LogP contribution is -2.61. The highest BCUT2D eigenvalue weighted by molar-refractivity contribution is 7.91. The van der Waals surface area contributed by atoms with Crippen LogP contribution in [0.4, 0.5) is 5.69 Å². The highest BCUT2D eigenvalue weighted by Crippen LogP contribution is 2.38. The molecule has 0 saturated carbocycles. The van der Waals surface area contributed by atoms with Crippen molar-refractivity contribution in [3.63, 3.8) is 0 Å². The van der Waals surface area contributed by atoms with Crippen LogP contribution in [0.3, 0.4) is 0 Å². The molecule has 0 bridgehead atoms. The molecule has 0 N–H and O–H groups in total. The van der Waals surface area contributed by atoms with Crippen LogP contribution >= 0.6 is 11.6 Å². The number of anilines is 1. The first kappa shape index (κ1) is 16.5. The molecule has 2 heterocycles. The first-order chi connectivity index (χ1) is 10.7. The first-order valence-corrected chi connectivity index (χ1v) is 10.1. The summed E-state index contributed by atoms with van der Waals surface area (Å²) in [4.78, 5) is 6.36. The fraction of sp³-hybridized carbons (Fsp3) is 0.471. The second-order valence-electron chi connectivity index (χ2n) is 6.64. The molecule has 4 nitrogen and oxygen atoms in total. The number of rotatable bonds is 3. The molecule has 1 aliphatic heterocycles. The van der Waals surface area contributed by atoms with Crippen molar-refractivity contribution >= 4 is 37.9 Å². The zero-order chi connectivity index (χ0) is 16.9. The molecule has 0 amide bonds. The summed E-state index contributed by atoms with van der Waals surface area (Å²) in [5.74, 6) is 0.377. The van der Waals surface area contributed by atoms with E-state index < -0.39 is 9.84 Å². The standard InChI is InChI=1S/C17H21ClN2O2S/c1-10(2)12-5-6-15(14-8-19-17(18)7-13(12)14)20-9-16(11(20)3)23(4,21)22/h5-8,10-11,16H,9H2,1-4H3/t11-,16+/m1/s1. The monoisotopic (exact) mass is 352 g/mol. The first-order valence-electron chi connectivity index (χ1n) is 7.74. The summed E-state index contributed by atoms with van der Waals surface area (Å²) < 4.78 is 23.6. The van der Waals surface area contributed by atoms with Gasteiger partial charge in [-0.2, -0.15) is 0 Å². The summed E-state index contributed by atoms with van der Waals surface area (Å²) in [5, 5.41) is 2.29. The lowest BCUT2D eigenvalue weighted by atomic mass is 9.94. The van der Waals surface area contributed by atoms with Gasteiger partial charge in [0.15, 0.2) is 9.84 Å². The predicted molar refractivity (Wildman–Crippen MR) is 96.3 cm³/mol. The molecule has 23 heavy (non-hydrogen) atoms. The fourth-order valence-corrected chi connectivity index (χ4v) is 4.81. The minimum atomic E-state index is -3.02. The van der Waals surface area contributed by atoms with Crippen LogP contribution in [-0.2, 0) is 9.84 Å². The molecule has 2 aromatic rings. The molecule has 3 rings (SSSR count). The van der Waals surface area contributed by atoms with Gasteiger partial charge >= 0.3 is 0 Å². The van der Waals surface area contributed by atoms with Gasteiger partial charge in [-0.15, -0.1) is 0 Å². The molecule has 1 aliphatic rings. The maximum atomic E-state index is 11.8. The van der Waals surface area contributed by atoms with Gasteiger partial charge in [0.25, 0.3) is 0 Å². The van der Waals surface area contributed by atoms with E-state index in [1.54, 1.807) is 6.20 Å².